The molecule has 0 saturated heterocycles. The Morgan fingerprint density at radius 1 is 1.32 bits per heavy atom. The van der Waals surface area contributed by atoms with Gasteiger partial charge in [-0.1, -0.05) is 25.1 Å². The molecular weight excluding hydrogens is 263 g/mol. The number of nitrogens with zero attached hydrogens (tertiary/aromatic N) is 4. The molecule has 5 heteroatoms. The molecule has 2 aromatic heterocycles. The molecule has 1 aromatic carbocycles. The summed E-state index contributed by atoms with van der Waals surface area (Å²) in [7, 11) is 0. The van der Waals surface area contributed by atoms with E-state index in [0.29, 0.717) is 5.92 Å². The summed E-state index contributed by atoms with van der Waals surface area (Å²) >= 11 is 0. The van der Waals surface area contributed by atoms with Crippen LogP contribution in [0.4, 0.5) is 0 Å². The van der Waals surface area contributed by atoms with Crippen LogP contribution in [0.25, 0.3) is 16.6 Å². The SMILES string of the molecule is CC(C)c1cn(-c2cnc3cc[c-]cc3c2)nn1.[K+]. The van der Waals surface area contributed by atoms with Gasteiger partial charge in [-0.2, -0.15) is 18.2 Å². The first-order chi connectivity index (χ1) is 8.74. The summed E-state index contributed by atoms with van der Waals surface area (Å²) in [5.74, 6) is 0.375. The second-order valence-corrected chi connectivity index (χ2v) is 4.55. The second kappa shape index (κ2) is 6.24. The first-order valence-corrected chi connectivity index (χ1v) is 5.92. The van der Waals surface area contributed by atoms with Crippen molar-refractivity contribution in [1.29, 1.82) is 0 Å². The van der Waals surface area contributed by atoms with Gasteiger partial charge in [0.15, 0.2) is 0 Å². The van der Waals surface area contributed by atoms with Gasteiger partial charge in [0.05, 0.1) is 17.6 Å². The molecule has 0 N–H and O–H groups in total. The van der Waals surface area contributed by atoms with Gasteiger partial charge in [-0.3, -0.25) is 4.98 Å². The fourth-order valence-corrected chi connectivity index (χ4v) is 1.79. The largest absolute Gasteiger partial charge is 1.00 e. The van der Waals surface area contributed by atoms with Crippen molar-refractivity contribution in [2.24, 2.45) is 0 Å². The average Bonchev–Trinajstić information content (AvgIpc) is 2.88. The Bertz CT molecular complexity index is 690. The Balaban J connectivity index is 0.00000133. The van der Waals surface area contributed by atoms with E-state index >= 15 is 0 Å². The monoisotopic (exact) mass is 276 g/mol. The van der Waals surface area contributed by atoms with E-state index in [1.807, 2.05) is 30.5 Å². The van der Waals surface area contributed by atoms with Crippen molar-refractivity contribution in [1.82, 2.24) is 20.0 Å². The van der Waals surface area contributed by atoms with Crippen molar-refractivity contribution in [3.8, 4) is 5.69 Å². The zero-order valence-corrected chi connectivity index (χ0v) is 14.5. The molecule has 0 fully saturated rings. The van der Waals surface area contributed by atoms with Crippen LogP contribution >= 0.6 is 0 Å². The van der Waals surface area contributed by atoms with Gasteiger partial charge in [0, 0.05) is 6.20 Å². The van der Waals surface area contributed by atoms with Gasteiger partial charge >= 0.3 is 51.4 Å². The number of hydrogen-bond acceptors (Lipinski definition) is 3. The van der Waals surface area contributed by atoms with Gasteiger partial charge in [0.25, 0.3) is 0 Å². The molecule has 0 bridgehead atoms. The van der Waals surface area contributed by atoms with Crippen molar-refractivity contribution in [3.05, 3.63) is 48.4 Å². The predicted molar refractivity (Wildman–Crippen MR) is 69.6 cm³/mol. The smallest absolute Gasteiger partial charge is 0.280 e. The van der Waals surface area contributed by atoms with Crippen LogP contribution in [0.5, 0.6) is 0 Å². The third-order valence-corrected chi connectivity index (χ3v) is 2.88. The van der Waals surface area contributed by atoms with Crippen LogP contribution in [0.2, 0.25) is 0 Å². The minimum Gasteiger partial charge on any atom is -0.280 e. The summed E-state index contributed by atoms with van der Waals surface area (Å²) in [5.41, 5.74) is 2.86. The first kappa shape index (κ1) is 14.8. The molecule has 2 heterocycles. The number of aromatic nitrogens is 4. The quantitative estimate of drug-likeness (QED) is 0.479. The third kappa shape index (κ3) is 3.12. The van der Waals surface area contributed by atoms with Gasteiger partial charge in [0.2, 0.25) is 0 Å². The molecule has 0 amide bonds. The standard InChI is InChI=1S/C14H13N4.K/c1-10(2)14-9-18(17-16-14)12-7-11-5-3-4-6-13(11)15-8-12;/h4-10H,1-2H3;/q-1;+1. The van der Waals surface area contributed by atoms with Crippen LogP contribution in [0, 0.1) is 6.07 Å². The summed E-state index contributed by atoms with van der Waals surface area (Å²) in [6.07, 6.45) is 3.75. The number of benzene rings is 1. The van der Waals surface area contributed by atoms with Gasteiger partial charge in [-0.05, 0) is 11.4 Å². The van der Waals surface area contributed by atoms with Gasteiger partial charge in [-0.25, -0.2) is 4.68 Å². The maximum absolute atomic E-state index is 4.40. The molecule has 3 aromatic rings. The molecule has 19 heavy (non-hydrogen) atoms. The molecular formula is C14H13KN4. The van der Waals surface area contributed by atoms with Crippen molar-refractivity contribution in [3.63, 3.8) is 0 Å². The Labute approximate surface area is 154 Å². The summed E-state index contributed by atoms with van der Waals surface area (Å²) in [4.78, 5) is 4.40. The molecule has 0 atom stereocenters. The molecule has 90 valence electrons. The zero-order valence-electron chi connectivity index (χ0n) is 11.3. The molecule has 0 radical (unpaired) electrons. The van der Waals surface area contributed by atoms with E-state index < -0.39 is 0 Å². The van der Waals surface area contributed by atoms with E-state index in [9.17, 15) is 0 Å². The fourth-order valence-electron chi connectivity index (χ4n) is 1.79. The van der Waals surface area contributed by atoms with E-state index in [4.69, 9.17) is 0 Å². The van der Waals surface area contributed by atoms with Crippen LogP contribution < -0.4 is 51.4 Å². The zero-order chi connectivity index (χ0) is 12.5. The number of rotatable bonds is 2. The number of fused-ring (bicyclic) bond motifs is 1. The molecule has 0 spiro atoms. The number of pyridine rings is 1. The van der Waals surface area contributed by atoms with E-state index in [-0.39, 0.29) is 51.4 Å². The summed E-state index contributed by atoms with van der Waals surface area (Å²) in [6.45, 7) is 4.20. The Morgan fingerprint density at radius 3 is 2.89 bits per heavy atom. The van der Waals surface area contributed by atoms with Crippen molar-refractivity contribution in [2.45, 2.75) is 19.8 Å². The van der Waals surface area contributed by atoms with Crippen LogP contribution in [0.1, 0.15) is 25.5 Å². The predicted octanol–water partition coefficient (Wildman–Crippen LogP) is -0.257. The normalized spacial score (nSPS) is 10.7. The van der Waals surface area contributed by atoms with Gasteiger partial charge in [0.1, 0.15) is 0 Å². The van der Waals surface area contributed by atoms with Gasteiger partial charge < -0.3 is 0 Å². The van der Waals surface area contributed by atoms with E-state index in [0.717, 1.165) is 22.3 Å². The van der Waals surface area contributed by atoms with Gasteiger partial charge in [-0.15, -0.1) is 16.6 Å². The van der Waals surface area contributed by atoms with Crippen molar-refractivity contribution >= 4 is 10.9 Å². The molecule has 4 nitrogen and oxygen atoms in total. The topological polar surface area (TPSA) is 43.6 Å². The molecule has 0 aliphatic rings. The molecule has 0 aliphatic heterocycles. The fraction of sp³-hybridized carbons (Fsp3) is 0.214. The van der Waals surface area contributed by atoms with Crippen LogP contribution in [-0.4, -0.2) is 20.0 Å². The maximum atomic E-state index is 4.40. The maximum Gasteiger partial charge on any atom is 1.00 e. The summed E-state index contributed by atoms with van der Waals surface area (Å²) in [6, 6.07) is 10.8. The van der Waals surface area contributed by atoms with E-state index in [2.05, 4.69) is 35.2 Å². The Kier molecular flexibility index (Phi) is 4.86. The third-order valence-electron chi connectivity index (χ3n) is 2.88. The summed E-state index contributed by atoms with van der Waals surface area (Å²) in [5, 5.41) is 9.33. The number of hydrogen-bond donors (Lipinski definition) is 0. The van der Waals surface area contributed by atoms with Crippen molar-refractivity contribution < 1.29 is 51.4 Å². The molecule has 0 saturated carbocycles. The average molecular weight is 276 g/mol. The Hall–Kier alpha value is -0.594. The van der Waals surface area contributed by atoms with Crippen molar-refractivity contribution in [2.75, 3.05) is 0 Å². The van der Waals surface area contributed by atoms with Crippen LogP contribution in [0.3, 0.4) is 0 Å². The minimum atomic E-state index is 0. The molecule has 3 rings (SSSR count). The van der Waals surface area contributed by atoms with Crippen LogP contribution in [-0.2, 0) is 0 Å². The van der Waals surface area contributed by atoms with E-state index in [1.54, 1.807) is 10.9 Å². The molecule has 0 unspecified atom stereocenters. The first-order valence-electron chi connectivity index (χ1n) is 5.92. The van der Waals surface area contributed by atoms with Crippen LogP contribution in [0.15, 0.2) is 36.7 Å². The second-order valence-electron chi connectivity index (χ2n) is 4.55. The minimum absolute atomic E-state index is 0. The Morgan fingerprint density at radius 2 is 2.16 bits per heavy atom. The van der Waals surface area contributed by atoms with E-state index in [1.165, 1.54) is 0 Å². The summed E-state index contributed by atoms with van der Waals surface area (Å²) < 4.78 is 1.76. The molecule has 0 aliphatic carbocycles.